The van der Waals surface area contributed by atoms with E-state index in [4.69, 9.17) is 5.11 Å². The molecule has 1 saturated heterocycles. The normalized spacial score (nSPS) is 22.9. The van der Waals surface area contributed by atoms with Crippen LogP contribution in [0.15, 0.2) is 0 Å². The van der Waals surface area contributed by atoms with Crippen molar-refractivity contribution in [1.82, 2.24) is 4.90 Å². The van der Waals surface area contributed by atoms with E-state index in [1.807, 2.05) is 0 Å². The predicted octanol–water partition coefficient (Wildman–Crippen LogP) is -0.624. The second-order valence-electron chi connectivity index (χ2n) is 4.09. The summed E-state index contributed by atoms with van der Waals surface area (Å²) in [5, 5.41) is 18.3. The molecule has 2 N–H and O–H groups in total. The molecule has 2 atom stereocenters. The van der Waals surface area contributed by atoms with Gasteiger partial charge < -0.3 is 19.8 Å². The van der Waals surface area contributed by atoms with E-state index >= 15 is 0 Å². The maximum Gasteiger partial charge on any atom is 0.326 e. The zero-order valence-electron chi connectivity index (χ0n) is 10.2. The molecular formula is C11H17NO6. The van der Waals surface area contributed by atoms with Crippen molar-refractivity contribution in [2.24, 2.45) is 0 Å². The summed E-state index contributed by atoms with van der Waals surface area (Å²) in [7, 11) is 0. The fraction of sp³-hybridized carbons (Fsp3) is 0.727. The number of aliphatic hydroxyl groups excluding tert-OH is 1. The van der Waals surface area contributed by atoms with Crippen LogP contribution in [0.3, 0.4) is 0 Å². The van der Waals surface area contributed by atoms with E-state index in [2.05, 4.69) is 4.74 Å². The van der Waals surface area contributed by atoms with Crippen LogP contribution in [0.2, 0.25) is 0 Å². The van der Waals surface area contributed by atoms with E-state index in [-0.39, 0.29) is 32.4 Å². The molecule has 0 saturated carbocycles. The Morgan fingerprint density at radius 1 is 1.33 bits per heavy atom. The van der Waals surface area contributed by atoms with Gasteiger partial charge in [0.25, 0.3) is 0 Å². The summed E-state index contributed by atoms with van der Waals surface area (Å²) < 4.78 is 4.67. The lowest BCUT2D eigenvalue weighted by molar-refractivity contribution is -0.149. The Morgan fingerprint density at radius 3 is 2.56 bits per heavy atom. The Morgan fingerprint density at radius 2 is 2.00 bits per heavy atom. The van der Waals surface area contributed by atoms with Crippen molar-refractivity contribution in [1.29, 1.82) is 0 Å². The summed E-state index contributed by atoms with van der Waals surface area (Å²) in [4.78, 5) is 34.9. The van der Waals surface area contributed by atoms with Gasteiger partial charge in [0.2, 0.25) is 5.91 Å². The van der Waals surface area contributed by atoms with Crippen molar-refractivity contribution in [2.75, 3.05) is 13.2 Å². The van der Waals surface area contributed by atoms with Crippen molar-refractivity contribution in [3.8, 4) is 0 Å². The van der Waals surface area contributed by atoms with Crippen LogP contribution < -0.4 is 0 Å². The zero-order valence-corrected chi connectivity index (χ0v) is 10.2. The van der Waals surface area contributed by atoms with E-state index in [0.29, 0.717) is 0 Å². The maximum absolute atomic E-state index is 11.8. The monoisotopic (exact) mass is 259 g/mol. The zero-order chi connectivity index (χ0) is 13.7. The molecule has 1 heterocycles. The van der Waals surface area contributed by atoms with Crippen molar-refractivity contribution in [2.45, 2.75) is 38.3 Å². The lowest BCUT2D eigenvalue weighted by Gasteiger charge is -2.20. The van der Waals surface area contributed by atoms with Gasteiger partial charge in [0, 0.05) is 19.4 Å². The van der Waals surface area contributed by atoms with Crippen LogP contribution >= 0.6 is 0 Å². The highest BCUT2D eigenvalue weighted by atomic mass is 16.5. The molecule has 0 spiro atoms. The number of carboxylic acids is 1. The third-order valence-corrected chi connectivity index (χ3v) is 2.73. The number of esters is 1. The first kappa shape index (κ1) is 14.4. The smallest absolute Gasteiger partial charge is 0.326 e. The molecule has 1 aliphatic heterocycles. The Bertz CT molecular complexity index is 342. The number of carbonyl (C=O) groups excluding carboxylic acids is 2. The highest BCUT2D eigenvalue weighted by molar-refractivity contribution is 5.86. The first-order valence-corrected chi connectivity index (χ1v) is 5.81. The quantitative estimate of drug-likeness (QED) is 0.637. The fourth-order valence-electron chi connectivity index (χ4n) is 1.91. The van der Waals surface area contributed by atoms with E-state index in [1.54, 1.807) is 6.92 Å². The molecule has 0 aromatic rings. The molecule has 0 unspecified atom stereocenters. The predicted molar refractivity (Wildman–Crippen MR) is 59.6 cm³/mol. The third-order valence-electron chi connectivity index (χ3n) is 2.73. The number of hydrogen-bond acceptors (Lipinski definition) is 5. The number of hydrogen-bond donors (Lipinski definition) is 2. The van der Waals surface area contributed by atoms with Gasteiger partial charge in [0.1, 0.15) is 6.04 Å². The highest BCUT2D eigenvalue weighted by Crippen LogP contribution is 2.19. The molecule has 0 aromatic carbocycles. The molecule has 0 aromatic heterocycles. The van der Waals surface area contributed by atoms with Crippen molar-refractivity contribution in [3.05, 3.63) is 0 Å². The van der Waals surface area contributed by atoms with E-state index < -0.39 is 30.0 Å². The average Bonchev–Trinajstić information content (AvgIpc) is 2.69. The van der Waals surface area contributed by atoms with E-state index in [0.717, 1.165) is 4.90 Å². The van der Waals surface area contributed by atoms with E-state index in [9.17, 15) is 19.5 Å². The Kier molecular flexibility index (Phi) is 5.08. The average molecular weight is 259 g/mol. The molecule has 18 heavy (non-hydrogen) atoms. The number of carboxylic acid groups (broad SMARTS) is 1. The number of aliphatic hydroxyl groups is 1. The summed E-state index contributed by atoms with van der Waals surface area (Å²) in [5.41, 5.74) is 0. The molecule has 7 nitrogen and oxygen atoms in total. The topological polar surface area (TPSA) is 104 Å². The van der Waals surface area contributed by atoms with Crippen LogP contribution in [0.4, 0.5) is 0 Å². The first-order valence-electron chi connectivity index (χ1n) is 5.81. The number of rotatable bonds is 5. The molecule has 102 valence electrons. The minimum absolute atomic E-state index is 0.00136. The molecular weight excluding hydrogens is 242 g/mol. The second-order valence-corrected chi connectivity index (χ2v) is 4.09. The van der Waals surface area contributed by atoms with Crippen LogP contribution in [-0.4, -0.2) is 58.3 Å². The standard InChI is InChI=1S/C11H17NO6/c1-2-18-10(15)4-3-9(14)12-6-7(13)5-8(12)11(16)17/h7-8,13H,2-6H2,1H3,(H,16,17)/t7-,8-/m1/s1. The Labute approximate surface area is 104 Å². The number of likely N-dealkylation sites (tertiary alicyclic amines) is 1. The highest BCUT2D eigenvalue weighted by Gasteiger charge is 2.38. The maximum atomic E-state index is 11.8. The third kappa shape index (κ3) is 3.69. The molecule has 1 rings (SSSR count). The molecule has 0 bridgehead atoms. The largest absolute Gasteiger partial charge is 0.480 e. The van der Waals surface area contributed by atoms with Gasteiger partial charge in [-0.05, 0) is 6.92 Å². The number of β-amino-alcohol motifs (C(OH)–C–C–N with tert-alkyl or cyclic N) is 1. The van der Waals surface area contributed by atoms with Crippen LogP contribution in [-0.2, 0) is 19.1 Å². The first-order chi connectivity index (χ1) is 8.45. The lowest BCUT2D eigenvalue weighted by atomic mass is 10.2. The van der Waals surface area contributed by atoms with Crippen molar-refractivity contribution in [3.63, 3.8) is 0 Å². The van der Waals surface area contributed by atoms with Gasteiger partial charge in [0.15, 0.2) is 0 Å². The lowest BCUT2D eigenvalue weighted by Crippen LogP contribution is -2.40. The number of ether oxygens (including phenoxy) is 1. The summed E-state index contributed by atoms with van der Waals surface area (Å²) in [6.07, 6.45) is -0.973. The minimum atomic E-state index is -1.14. The molecule has 1 amide bonds. The van der Waals surface area contributed by atoms with Gasteiger partial charge in [-0.1, -0.05) is 0 Å². The number of nitrogens with zero attached hydrogens (tertiary/aromatic N) is 1. The fourth-order valence-corrected chi connectivity index (χ4v) is 1.91. The van der Waals surface area contributed by atoms with E-state index in [1.165, 1.54) is 0 Å². The molecule has 0 aliphatic carbocycles. The van der Waals surface area contributed by atoms with Crippen molar-refractivity contribution < 1.29 is 29.3 Å². The second kappa shape index (κ2) is 6.34. The minimum Gasteiger partial charge on any atom is -0.480 e. The van der Waals surface area contributed by atoms with Gasteiger partial charge in [-0.15, -0.1) is 0 Å². The van der Waals surface area contributed by atoms with Gasteiger partial charge in [-0.2, -0.15) is 0 Å². The van der Waals surface area contributed by atoms with Crippen LogP contribution in [0.25, 0.3) is 0 Å². The van der Waals surface area contributed by atoms with Gasteiger partial charge in [-0.25, -0.2) is 4.79 Å². The summed E-state index contributed by atoms with van der Waals surface area (Å²) in [6.45, 7) is 1.91. The van der Waals surface area contributed by atoms with Gasteiger partial charge in [0.05, 0.1) is 19.1 Å². The summed E-state index contributed by atoms with van der Waals surface area (Å²) in [6, 6.07) is -1.00. The van der Waals surface area contributed by atoms with Gasteiger partial charge in [-0.3, -0.25) is 9.59 Å². The number of aliphatic carboxylic acids is 1. The van der Waals surface area contributed by atoms with Crippen LogP contribution in [0.5, 0.6) is 0 Å². The SMILES string of the molecule is CCOC(=O)CCC(=O)N1C[C@H](O)C[C@@H]1C(=O)O. The molecule has 0 radical (unpaired) electrons. The summed E-state index contributed by atoms with van der Waals surface area (Å²) in [5.74, 6) is -2.08. The number of amides is 1. The van der Waals surface area contributed by atoms with Crippen LogP contribution in [0, 0.1) is 0 Å². The Balaban J connectivity index is 2.50. The van der Waals surface area contributed by atoms with Crippen molar-refractivity contribution >= 4 is 17.8 Å². The molecule has 1 fully saturated rings. The van der Waals surface area contributed by atoms with Gasteiger partial charge >= 0.3 is 11.9 Å². The molecule has 7 heteroatoms. The van der Waals surface area contributed by atoms with Crippen LogP contribution in [0.1, 0.15) is 26.2 Å². The number of carbonyl (C=O) groups is 3. The molecule has 1 aliphatic rings. The summed E-state index contributed by atoms with van der Waals surface area (Å²) >= 11 is 0. The Hall–Kier alpha value is -1.63.